The van der Waals surface area contributed by atoms with E-state index in [1.807, 2.05) is 45.2 Å². The molecule has 0 unspecified atom stereocenters. The minimum atomic E-state index is -0.282. The SMILES string of the molecule is CC(C)(C)c1ncc(NC(=O)c2cn3ccccc3n2)cn1. The average molecular weight is 295 g/mol. The molecule has 0 saturated heterocycles. The Hall–Kier alpha value is -2.76. The van der Waals surface area contributed by atoms with Crippen molar-refractivity contribution in [1.82, 2.24) is 19.4 Å². The highest BCUT2D eigenvalue weighted by atomic mass is 16.1. The molecule has 112 valence electrons. The molecule has 0 aliphatic carbocycles. The van der Waals surface area contributed by atoms with Gasteiger partial charge in [0, 0.05) is 17.8 Å². The van der Waals surface area contributed by atoms with Crippen molar-refractivity contribution < 1.29 is 4.79 Å². The number of hydrogen-bond donors (Lipinski definition) is 1. The second kappa shape index (κ2) is 5.22. The van der Waals surface area contributed by atoms with Crippen molar-refractivity contribution in [3.8, 4) is 0 Å². The first-order valence-electron chi connectivity index (χ1n) is 7.01. The first-order valence-corrected chi connectivity index (χ1v) is 7.01. The molecule has 1 amide bonds. The van der Waals surface area contributed by atoms with Crippen LogP contribution in [0.2, 0.25) is 0 Å². The van der Waals surface area contributed by atoms with E-state index >= 15 is 0 Å². The summed E-state index contributed by atoms with van der Waals surface area (Å²) in [5.41, 5.74) is 1.51. The number of amides is 1. The molecule has 0 aromatic carbocycles. The van der Waals surface area contributed by atoms with E-state index in [0.29, 0.717) is 11.4 Å². The molecule has 0 aliphatic rings. The average Bonchev–Trinajstić information content (AvgIpc) is 2.91. The lowest BCUT2D eigenvalue weighted by Gasteiger charge is -2.16. The van der Waals surface area contributed by atoms with Gasteiger partial charge in [-0.1, -0.05) is 26.8 Å². The Bertz CT molecular complexity index is 781. The Morgan fingerprint density at radius 3 is 2.55 bits per heavy atom. The van der Waals surface area contributed by atoms with Gasteiger partial charge in [0.2, 0.25) is 0 Å². The topological polar surface area (TPSA) is 72.2 Å². The van der Waals surface area contributed by atoms with Crippen LogP contribution in [0.4, 0.5) is 5.69 Å². The van der Waals surface area contributed by atoms with Gasteiger partial charge in [-0.3, -0.25) is 4.79 Å². The third kappa shape index (κ3) is 2.81. The maximum Gasteiger partial charge on any atom is 0.275 e. The fourth-order valence-corrected chi connectivity index (χ4v) is 2.02. The van der Waals surface area contributed by atoms with Crippen LogP contribution in [0.1, 0.15) is 37.1 Å². The third-order valence-corrected chi connectivity index (χ3v) is 3.18. The summed E-state index contributed by atoms with van der Waals surface area (Å²) in [7, 11) is 0. The summed E-state index contributed by atoms with van der Waals surface area (Å²) < 4.78 is 1.80. The summed E-state index contributed by atoms with van der Waals surface area (Å²) in [4.78, 5) is 25.1. The minimum absolute atomic E-state index is 0.121. The Kier molecular flexibility index (Phi) is 3.36. The lowest BCUT2D eigenvalue weighted by atomic mass is 9.96. The fraction of sp³-hybridized carbons (Fsp3) is 0.250. The van der Waals surface area contributed by atoms with Crippen LogP contribution in [0.5, 0.6) is 0 Å². The summed E-state index contributed by atoms with van der Waals surface area (Å²) in [5.74, 6) is 0.453. The van der Waals surface area contributed by atoms with Crippen molar-refractivity contribution in [3.05, 3.63) is 54.5 Å². The molecule has 3 aromatic rings. The standard InChI is InChI=1S/C16H17N5O/c1-16(2,3)15-17-8-11(9-18-15)19-14(22)12-10-21-7-5-4-6-13(21)20-12/h4-10H,1-3H3,(H,19,22). The Morgan fingerprint density at radius 1 is 1.18 bits per heavy atom. The highest BCUT2D eigenvalue weighted by molar-refractivity contribution is 6.03. The lowest BCUT2D eigenvalue weighted by Crippen LogP contribution is -2.17. The first-order chi connectivity index (χ1) is 10.4. The second-order valence-electron chi connectivity index (χ2n) is 6.09. The van der Waals surface area contributed by atoms with Crippen molar-refractivity contribution in [2.75, 3.05) is 5.32 Å². The molecule has 0 fully saturated rings. The molecule has 3 aromatic heterocycles. The van der Waals surface area contributed by atoms with Crippen LogP contribution in [-0.4, -0.2) is 25.3 Å². The maximum atomic E-state index is 12.2. The van der Waals surface area contributed by atoms with Gasteiger partial charge in [-0.05, 0) is 12.1 Å². The zero-order valence-electron chi connectivity index (χ0n) is 12.7. The van der Waals surface area contributed by atoms with Crippen molar-refractivity contribution in [3.63, 3.8) is 0 Å². The summed E-state index contributed by atoms with van der Waals surface area (Å²) in [6.07, 6.45) is 6.76. The molecule has 3 heterocycles. The van der Waals surface area contributed by atoms with E-state index in [9.17, 15) is 4.79 Å². The number of carbonyl (C=O) groups is 1. The van der Waals surface area contributed by atoms with Gasteiger partial charge in [0.05, 0.1) is 18.1 Å². The van der Waals surface area contributed by atoms with Gasteiger partial charge in [0.25, 0.3) is 5.91 Å². The smallest absolute Gasteiger partial charge is 0.275 e. The molecule has 0 bridgehead atoms. The van der Waals surface area contributed by atoms with Crippen LogP contribution in [0.25, 0.3) is 5.65 Å². The molecule has 0 saturated carbocycles. The number of imidazole rings is 1. The highest BCUT2D eigenvalue weighted by Crippen LogP contribution is 2.18. The van der Waals surface area contributed by atoms with Crippen LogP contribution in [0, 0.1) is 0 Å². The lowest BCUT2D eigenvalue weighted by molar-refractivity contribution is 0.102. The van der Waals surface area contributed by atoms with E-state index < -0.39 is 0 Å². The first kappa shape index (κ1) is 14.2. The number of pyridine rings is 1. The van der Waals surface area contributed by atoms with Gasteiger partial charge < -0.3 is 9.72 Å². The minimum Gasteiger partial charge on any atom is -0.318 e. The number of anilines is 1. The predicted octanol–water partition coefficient (Wildman–Crippen LogP) is 2.67. The summed E-state index contributed by atoms with van der Waals surface area (Å²) in [6, 6.07) is 5.61. The molecule has 0 atom stereocenters. The van der Waals surface area contributed by atoms with Crippen molar-refractivity contribution in [2.45, 2.75) is 26.2 Å². The third-order valence-electron chi connectivity index (χ3n) is 3.18. The number of fused-ring (bicyclic) bond motifs is 1. The van der Waals surface area contributed by atoms with E-state index in [1.165, 1.54) is 0 Å². The van der Waals surface area contributed by atoms with Gasteiger partial charge in [0.1, 0.15) is 17.2 Å². The molecule has 0 radical (unpaired) electrons. The van der Waals surface area contributed by atoms with Crippen LogP contribution in [-0.2, 0) is 5.41 Å². The van der Waals surface area contributed by atoms with E-state index in [4.69, 9.17) is 0 Å². The Labute approximate surface area is 128 Å². The summed E-state index contributed by atoms with van der Waals surface area (Å²) >= 11 is 0. The number of carbonyl (C=O) groups excluding carboxylic acids is 1. The van der Waals surface area contributed by atoms with Crippen LogP contribution in [0.3, 0.4) is 0 Å². The predicted molar refractivity (Wildman–Crippen MR) is 83.9 cm³/mol. The van der Waals surface area contributed by atoms with Gasteiger partial charge in [-0.15, -0.1) is 0 Å². The van der Waals surface area contributed by atoms with Crippen LogP contribution < -0.4 is 5.32 Å². The molecule has 3 rings (SSSR count). The van der Waals surface area contributed by atoms with Gasteiger partial charge in [0.15, 0.2) is 0 Å². The summed E-state index contributed by atoms with van der Waals surface area (Å²) in [6.45, 7) is 6.12. The second-order valence-corrected chi connectivity index (χ2v) is 6.09. The number of hydrogen-bond acceptors (Lipinski definition) is 4. The molecule has 22 heavy (non-hydrogen) atoms. The zero-order valence-corrected chi connectivity index (χ0v) is 12.7. The molecule has 6 nitrogen and oxygen atoms in total. The van der Waals surface area contributed by atoms with E-state index in [2.05, 4.69) is 20.3 Å². The van der Waals surface area contributed by atoms with Gasteiger partial charge in [-0.25, -0.2) is 15.0 Å². The van der Waals surface area contributed by atoms with Crippen molar-refractivity contribution in [1.29, 1.82) is 0 Å². The molecule has 6 heteroatoms. The Balaban J connectivity index is 1.79. The molecule has 0 aliphatic heterocycles. The van der Waals surface area contributed by atoms with E-state index in [1.54, 1.807) is 23.0 Å². The van der Waals surface area contributed by atoms with Gasteiger partial charge in [-0.2, -0.15) is 0 Å². The monoisotopic (exact) mass is 295 g/mol. The normalized spacial score (nSPS) is 11.6. The molecule has 1 N–H and O–H groups in total. The zero-order chi connectivity index (χ0) is 15.7. The number of aromatic nitrogens is 4. The maximum absolute atomic E-state index is 12.2. The number of nitrogens with one attached hydrogen (secondary N) is 1. The molecule has 0 spiro atoms. The quantitative estimate of drug-likeness (QED) is 0.789. The van der Waals surface area contributed by atoms with Gasteiger partial charge >= 0.3 is 0 Å². The largest absolute Gasteiger partial charge is 0.318 e. The molecular weight excluding hydrogens is 278 g/mol. The van der Waals surface area contributed by atoms with Crippen molar-refractivity contribution >= 4 is 17.2 Å². The van der Waals surface area contributed by atoms with Crippen molar-refractivity contribution in [2.24, 2.45) is 0 Å². The van der Waals surface area contributed by atoms with E-state index in [-0.39, 0.29) is 11.3 Å². The summed E-state index contributed by atoms with van der Waals surface area (Å²) in [5, 5.41) is 2.76. The number of rotatable bonds is 2. The van der Waals surface area contributed by atoms with Crippen LogP contribution in [0.15, 0.2) is 43.0 Å². The highest BCUT2D eigenvalue weighted by Gasteiger charge is 2.17. The van der Waals surface area contributed by atoms with Crippen LogP contribution >= 0.6 is 0 Å². The Morgan fingerprint density at radius 2 is 1.91 bits per heavy atom. The van der Waals surface area contributed by atoms with E-state index in [0.717, 1.165) is 11.5 Å². The number of nitrogens with zero attached hydrogens (tertiary/aromatic N) is 4. The fourth-order valence-electron chi connectivity index (χ4n) is 2.02. The molecular formula is C16H17N5O.